The molecule has 4 aromatic rings. The maximum atomic E-state index is 12.0. The molecule has 0 aliphatic heterocycles. The SMILES string of the molecule is COC(=O)c1ccc([P+](c2ccccc2)(c2ccccc2)c2ccccc2)cc1. The maximum absolute atomic E-state index is 12.0. The molecular weight excluding hydrogens is 375 g/mol. The molecular formula is C26H22O2P+. The third-order valence-corrected chi connectivity index (χ3v) is 9.40. The molecule has 4 aromatic carbocycles. The van der Waals surface area contributed by atoms with Crippen molar-refractivity contribution in [2.24, 2.45) is 0 Å². The summed E-state index contributed by atoms with van der Waals surface area (Å²) in [5, 5.41) is 5.04. The van der Waals surface area contributed by atoms with Crippen LogP contribution in [0.2, 0.25) is 0 Å². The average Bonchev–Trinajstić information content (AvgIpc) is 2.82. The van der Waals surface area contributed by atoms with Crippen molar-refractivity contribution in [1.82, 2.24) is 0 Å². The normalized spacial score (nSPS) is 11.1. The smallest absolute Gasteiger partial charge is 0.337 e. The molecule has 0 unspecified atom stereocenters. The van der Waals surface area contributed by atoms with E-state index >= 15 is 0 Å². The first kappa shape index (κ1) is 19.1. The van der Waals surface area contributed by atoms with E-state index in [2.05, 4.69) is 103 Å². The lowest BCUT2D eigenvalue weighted by atomic mass is 10.2. The molecule has 3 heteroatoms. The molecule has 4 rings (SSSR count). The molecule has 0 heterocycles. The predicted molar refractivity (Wildman–Crippen MR) is 123 cm³/mol. The third-order valence-electron chi connectivity index (χ3n) is 5.11. The van der Waals surface area contributed by atoms with Crippen LogP contribution >= 0.6 is 7.26 Å². The van der Waals surface area contributed by atoms with Gasteiger partial charge in [0, 0.05) is 0 Å². The molecule has 142 valence electrons. The number of carbonyl (C=O) groups excluding carboxylic acids is 1. The Morgan fingerprint density at radius 2 is 0.897 bits per heavy atom. The van der Waals surface area contributed by atoms with Gasteiger partial charge >= 0.3 is 5.97 Å². The minimum absolute atomic E-state index is 0.320. The second kappa shape index (κ2) is 8.43. The van der Waals surface area contributed by atoms with Gasteiger partial charge in [-0.05, 0) is 60.7 Å². The number of rotatable bonds is 5. The van der Waals surface area contributed by atoms with Crippen LogP contribution in [0.25, 0.3) is 0 Å². The highest BCUT2D eigenvalue weighted by Gasteiger charge is 2.47. The summed E-state index contributed by atoms with van der Waals surface area (Å²) in [6.45, 7) is 0. The highest BCUT2D eigenvalue weighted by atomic mass is 31.2. The Labute approximate surface area is 172 Å². The first-order valence-corrected chi connectivity index (χ1v) is 11.3. The van der Waals surface area contributed by atoms with E-state index in [1.54, 1.807) is 0 Å². The summed E-state index contributed by atoms with van der Waals surface area (Å²) in [5.74, 6) is -0.320. The third kappa shape index (κ3) is 3.48. The molecule has 0 radical (unpaired) electrons. The summed E-state index contributed by atoms with van der Waals surface area (Å²) >= 11 is 0. The molecule has 0 aliphatic rings. The number of hydrogen-bond donors (Lipinski definition) is 0. The molecule has 0 amide bonds. The van der Waals surface area contributed by atoms with E-state index < -0.39 is 7.26 Å². The summed E-state index contributed by atoms with van der Waals surface area (Å²) in [5.41, 5.74) is 0.559. The Kier molecular flexibility index (Phi) is 5.55. The van der Waals surface area contributed by atoms with Crippen molar-refractivity contribution >= 4 is 34.4 Å². The molecule has 0 N–H and O–H groups in total. The van der Waals surface area contributed by atoms with E-state index in [1.165, 1.54) is 28.3 Å². The summed E-state index contributed by atoms with van der Waals surface area (Å²) in [6.07, 6.45) is 0. The van der Waals surface area contributed by atoms with Crippen molar-refractivity contribution in [2.75, 3.05) is 7.11 Å². The van der Waals surface area contributed by atoms with E-state index in [1.807, 2.05) is 12.1 Å². The number of ether oxygens (including phenoxy) is 1. The minimum Gasteiger partial charge on any atom is -0.465 e. The van der Waals surface area contributed by atoms with Crippen molar-refractivity contribution in [1.29, 1.82) is 0 Å². The zero-order chi connectivity index (χ0) is 20.1. The molecule has 0 saturated carbocycles. The Bertz CT molecular complexity index is 979. The molecule has 0 fully saturated rings. The number of methoxy groups -OCH3 is 1. The van der Waals surface area contributed by atoms with Gasteiger partial charge < -0.3 is 4.74 Å². The van der Waals surface area contributed by atoms with Crippen molar-refractivity contribution in [3.05, 3.63) is 121 Å². The zero-order valence-electron chi connectivity index (χ0n) is 16.2. The molecule has 0 saturated heterocycles. The number of hydrogen-bond acceptors (Lipinski definition) is 2. The van der Waals surface area contributed by atoms with E-state index in [9.17, 15) is 4.79 Å². The van der Waals surface area contributed by atoms with Crippen LogP contribution in [0.1, 0.15) is 10.4 Å². The van der Waals surface area contributed by atoms with Crippen molar-refractivity contribution in [3.63, 3.8) is 0 Å². The fraction of sp³-hybridized carbons (Fsp3) is 0.0385. The van der Waals surface area contributed by atoms with Gasteiger partial charge in [0.25, 0.3) is 0 Å². The fourth-order valence-electron chi connectivity index (χ4n) is 3.79. The second-order valence-electron chi connectivity index (χ2n) is 6.72. The quantitative estimate of drug-likeness (QED) is 0.375. The largest absolute Gasteiger partial charge is 0.465 e. The van der Waals surface area contributed by atoms with E-state index in [0.717, 1.165) is 0 Å². The summed E-state index contributed by atoms with van der Waals surface area (Å²) in [7, 11) is -0.708. The van der Waals surface area contributed by atoms with Crippen LogP contribution in [0.15, 0.2) is 115 Å². The maximum Gasteiger partial charge on any atom is 0.337 e. The van der Waals surface area contributed by atoms with Crippen LogP contribution in [-0.2, 0) is 4.74 Å². The van der Waals surface area contributed by atoms with Crippen LogP contribution in [-0.4, -0.2) is 13.1 Å². The molecule has 0 aromatic heterocycles. The summed E-state index contributed by atoms with van der Waals surface area (Å²) in [4.78, 5) is 12.0. The van der Waals surface area contributed by atoms with Crippen LogP contribution in [0.3, 0.4) is 0 Å². The van der Waals surface area contributed by atoms with Crippen molar-refractivity contribution in [2.45, 2.75) is 0 Å². The first-order valence-electron chi connectivity index (χ1n) is 9.51. The Balaban J connectivity index is 2.04. The van der Waals surface area contributed by atoms with Crippen LogP contribution in [0.5, 0.6) is 0 Å². The monoisotopic (exact) mass is 397 g/mol. The standard InChI is InChI=1S/C26H22O2P/c1-28-26(27)21-17-19-25(20-18-21)29(22-11-5-2-6-12-22,23-13-7-3-8-14-23)24-15-9-4-10-16-24/h2-20H,1H3/q+1. The van der Waals surface area contributed by atoms with Gasteiger partial charge in [-0.1, -0.05) is 54.6 Å². The van der Waals surface area contributed by atoms with Gasteiger partial charge in [-0.25, -0.2) is 4.79 Å². The molecule has 0 spiro atoms. The second-order valence-corrected chi connectivity index (χ2v) is 10.1. The van der Waals surface area contributed by atoms with E-state index in [-0.39, 0.29) is 5.97 Å². The average molecular weight is 397 g/mol. The van der Waals surface area contributed by atoms with Gasteiger partial charge in [-0.2, -0.15) is 0 Å². The van der Waals surface area contributed by atoms with E-state index in [0.29, 0.717) is 5.56 Å². The Hall–Kier alpha value is -3.22. The number of esters is 1. The molecule has 2 nitrogen and oxygen atoms in total. The van der Waals surface area contributed by atoms with Gasteiger partial charge in [-0.3, -0.25) is 0 Å². The topological polar surface area (TPSA) is 26.3 Å². The van der Waals surface area contributed by atoms with Crippen molar-refractivity contribution in [3.8, 4) is 0 Å². The Morgan fingerprint density at radius 1 is 0.552 bits per heavy atom. The van der Waals surface area contributed by atoms with Crippen LogP contribution in [0.4, 0.5) is 0 Å². The highest BCUT2D eigenvalue weighted by Crippen LogP contribution is 2.54. The molecule has 0 aliphatic carbocycles. The molecule has 29 heavy (non-hydrogen) atoms. The lowest BCUT2D eigenvalue weighted by Crippen LogP contribution is -2.38. The van der Waals surface area contributed by atoms with Crippen LogP contribution in [0, 0.1) is 0 Å². The fourth-order valence-corrected chi connectivity index (χ4v) is 8.03. The summed E-state index contributed by atoms with van der Waals surface area (Å²) < 4.78 is 4.89. The van der Waals surface area contributed by atoms with Crippen LogP contribution < -0.4 is 21.2 Å². The first-order chi connectivity index (χ1) is 14.3. The molecule has 0 atom stereocenters. The highest BCUT2D eigenvalue weighted by molar-refractivity contribution is 8.01. The lowest BCUT2D eigenvalue weighted by Gasteiger charge is -2.27. The lowest BCUT2D eigenvalue weighted by molar-refractivity contribution is 0.0601. The summed E-state index contributed by atoms with van der Waals surface area (Å²) in [6, 6.07) is 39.9. The van der Waals surface area contributed by atoms with Gasteiger partial charge in [0.05, 0.1) is 12.7 Å². The number of carbonyl (C=O) groups is 1. The minimum atomic E-state index is -2.12. The van der Waals surface area contributed by atoms with Gasteiger partial charge in [0.2, 0.25) is 0 Å². The van der Waals surface area contributed by atoms with Gasteiger partial charge in [0.15, 0.2) is 0 Å². The van der Waals surface area contributed by atoms with Gasteiger partial charge in [-0.15, -0.1) is 0 Å². The number of benzene rings is 4. The predicted octanol–water partition coefficient (Wildman–Crippen LogP) is 4.09. The van der Waals surface area contributed by atoms with E-state index in [4.69, 9.17) is 4.74 Å². The molecule has 0 bridgehead atoms. The van der Waals surface area contributed by atoms with Crippen molar-refractivity contribution < 1.29 is 9.53 Å². The van der Waals surface area contributed by atoms with Gasteiger partial charge in [0.1, 0.15) is 28.5 Å². The zero-order valence-corrected chi connectivity index (χ0v) is 17.1. The Morgan fingerprint density at radius 3 is 1.24 bits per heavy atom.